The minimum atomic E-state index is -1.02. The molecule has 0 radical (unpaired) electrons. The first kappa shape index (κ1) is 11.2. The van der Waals surface area contributed by atoms with Gasteiger partial charge in [0.2, 0.25) is 0 Å². The monoisotopic (exact) mass is 175 g/mol. The van der Waals surface area contributed by atoms with E-state index in [0.29, 0.717) is 13.1 Å². The molecule has 0 fully saturated rings. The SMILES string of the molecule is NCCCC[C@H](N)CNC(=O)O. The molecule has 1 atom stereocenters. The number of amides is 1. The molecule has 1 amide bonds. The van der Waals surface area contributed by atoms with Crippen molar-refractivity contribution in [3.63, 3.8) is 0 Å². The van der Waals surface area contributed by atoms with Crippen molar-refractivity contribution >= 4 is 6.09 Å². The summed E-state index contributed by atoms with van der Waals surface area (Å²) >= 11 is 0. The zero-order chi connectivity index (χ0) is 9.40. The second kappa shape index (κ2) is 6.87. The van der Waals surface area contributed by atoms with Crippen LogP contribution in [-0.4, -0.2) is 30.3 Å². The van der Waals surface area contributed by atoms with Gasteiger partial charge in [0.1, 0.15) is 0 Å². The maximum Gasteiger partial charge on any atom is 0.404 e. The highest BCUT2D eigenvalue weighted by molar-refractivity contribution is 5.64. The fraction of sp³-hybridized carbons (Fsp3) is 0.857. The van der Waals surface area contributed by atoms with Crippen LogP contribution in [0.4, 0.5) is 4.79 Å². The molecule has 6 N–H and O–H groups in total. The zero-order valence-corrected chi connectivity index (χ0v) is 7.12. The van der Waals surface area contributed by atoms with Gasteiger partial charge >= 0.3 is 6.09 Å². The van der Waals surface area contributed by atoms with E-state index in [1.807, 2.05) is 0 Å². The van der Waals surface area contributed by atoms with Gasteiger partial charge in [-0.05, 0) is 19.4 Å². The van der Waals surface area contributed by atoms with Gasteiger partial charge < -0.3 is 21.9 Å². The Bertz CT molecular complexity index is 130. The first-order chi connectivity index (χ1) is 5.66. The van der Waals surface area contributed by atoms with Crippen LogP contribution < -0.4 is 16.8 Å². The minimum absolute atomic E-state index is 0.0901. The summed E-state index contributed by atoms with van der Waals surface area (Å²) in [5, 5.41) is 10.5. The van der Waals surface area contributed by atoms with E-state index in [4.69, 9.17) is 16.6 Å². The normalized spacial score (nSPS) is 12.5. The first-order valence-corrected chi connectivity index (χ1v) is 4.09. The summed E-state index contributed by atoms with van der Waals surface area (Å²) in [6, 6.07) is -0.0901. The Morgan fingerprint density at radius 2 is 2.17 bits per heavy atom. The number of nitrogens with one attached hydrogen (secondary N) is 1. The van der Waals surface area contributed by atoms with Crippen molar-refractivity contribution in [1.82, 2.24) is 5.32 Å². The Balaban J connectivity index is 3.21. The lowest BCUT2D eigenvalue weighted by molar-refractivity contribution is 0.193. The van der Waals surface area contributed by atoms with Crippen molar-refractivity contribution in [1.29, 1.82) is 0 Å². The van der Waals surface area contributed by atoms with Gasteiger partial charge in [0.25, 0.3) is 0 Å². The number of carbonyl (C=O) groups is 1. The van der Waals surface area contributed by atoms with E-state index in [0.717, 1.165) is 19.3 Å². The second-order valence-electron chi connectivity index (χ2n) is 2.73. The Labute approximate surface area is 72.1 Å². The van der Waals surface area contributed by atoms with Crippen molar-refractivity contribution in [3.05, 3.63) is 0 Å². The third kappa shape index (κ3) is 7.30. The highest BCUT2D eigenvalue weighted by Gasteiger charge is 2.02. The predicted octanol–water partition coefficient (Wildman–Crippen LogP) is -0.290. The van der Waals surface area contributed by atoms with Crippen LogP contribution >= 0.6 is 0 Å². The number of rotatable bonds is 6. The lowest BCUT2D eigenvalue weighted by Gasteiger charge is -2.09. The Kier molecular flexibility index (Phi) is 6.41. The molecule has 0 spiro atoms. The third-order valence-electron chi connectivity index (χ3n) is 1.54. The van der Waals surface area contributed by atoms with Crippen LogP contribution in [0.5, 0.6) is 0 Å². The van der Waals surface area contributed by atoms with E-state index in [1.54, 1.807) is 0 Å². The van der Waals surface area contributed by atoms with Gasteiger partial charge in [-0.3, -0.25) is 0 Å². The predicted molar refractivity (Wildman–Crippen MR) is 46.9 cm³/mol. The van der Waals surface area contributed by atoms with Crippen molar-refractivity contribution < 1.29 is 9.90 Å². The molecule has 0 aliphatic heterocycles. The molecule has 0 heterocycles. The van der Waals surface area contributed by atoms with Gasteiger partial charge in [-0.1, -0.05) is 6.42 Å². The summed E-state index contributed by atoms with van der Waals surface area (Å²) in [7, 11) is 0. The van der Waals surface area contributed by atoms with Crippen LogP contribution in [0.15, 0.2) is 0 Å². The molecule has 5 nitrogen and oxygen atoms in total. The van der Waals surface area contributed by atoms with Crippen molar-refractivity contribution in [2.24, 2.45) is 11.5 Å². The van der Waals surface area contributed by atoms with Crippen LogP contribution in [0, 0.1) is 0 Å². The molecule has 0 aliphatic carbocycles. The summed E-state index contributed by atoms with van der Waals surface area (Å²) in [5.41, 5.74) is 10.9. The van der Waals surface area contributed by atoms with Gasteiger partial charge in [-0.15, -0.1) is 0 Å². The summed E-state index contributed by atoms with van der Waals surface area (Å²) in [5.74, 6) is 0. The van der Waals surface area contributed by atoms with Gasteiger partial charge in [0, 0.05) is 12.6 Å². The van der Waals surface area contributed by atoms with Gasteiger partial charge in [-0.25, -0.2) is 4.79 Å². The number of nitrogens with two attached hydrogens (primary N) is 2. The quantitative estimate of drug-likeness (QED) is 0.417. The second-order valence-corrected chi connectivity index (χ2v) is 2.73. The maximum atomic E-state index is 10.0. The van der Waals surface area contributed by atoms with Crippen LogP contribution in [0.1, 0.15) is 19.3 Å². The zero-order valence-electron chi connectivity index (χ0n) is 7.12. The van der Waals surface area contributed by atoms with Crippen LogP contribution in [0.25, 0.3) is 0 Å². The molecule has 0 aliphatic rings. The van der Waals surface area contributed by atoms with E-state index in [1.165, 1.54) is 0 Å². The molecular weight excluding hydrogens is 158 g/mol. The topological polar surface area (TPSA) is 101 Å². The molecular formula is C7H17N3O2. The van der Waals surface area contributed by atoms with Crippen molar-refractivity contribution in [2.45, 2.75) is 25.3 Å². The molecule has 0 aromatic carbocycles. The fourth-order valence-corrected chi connectivity index (χ4v) is 0.871. The highest BCUT2D eigenvalue weighted by Crippen LogP contribution is 1.96. The average molecular weight is 175 g/mol. The van der Waals surface area contributed by atoms with E-state index in [2.05, 4.69) is 5.32 Å². The number of carboxylic acid groups (broad SMARTS) is 1. The molecule has 5 heteroatoms. The molecule has 0 saturated heterocycles. The molecule has 0 aromatic heterocycles. The van der Waals surface area contributed by atoms with Crippen LogP contribution in [-0.2, 0) is 0 Å². The Hall–Kier alpha value is -0.810. The average Bonchev–Trinajstić information content (AvgIpc) is 2.01. The molecule has 0 saturated carbocycles. The van der Waals surface area contributed by atoms with Crippen molar-refractivity contribution in [2.75, 3.05) is 13.1 Å². The molecule has 0 rings (SSSR count). The van der Waals surface area contributed by atoms with Gasteiger partial charge in [0.05, 0.1) is 0 Å². The molecule has 0 bridgehead atoms. The van der Waals surface area contributed by atoms with Gasteiger partial charge in [0.15, 0.2) is 0 Å². The minimum Gasteiger partial charge on any atom is -0.465 e. The van der Waals surface area contributed by atoms with Crippen molar-refractivity contribution in [3.8, 4) is 0 Å². The van der Waals surface area contributed by atoms with E-state index in [9.17, 15) is 4.79 Å². The highest BCUT2D eigenvalue weighted by atomic mass is 16.4. The van der Waals surface area contributed by atoms with Gasteiger partial charge in [-0.2, -0.15) is 0 Å². The summed E-state index contributed by atoms with van der Waals surface area (Å²) in [6.45, 7) is 0.985. The third-order valence-corrected chi connectivity index (χ3v) is 1.54. The number of hydrogen-bond acceptors (Lipinski definition) is 3. The molecule has 72 valence electrons. The first-order valence-electron chi connectivity index (χ1n) is 4.09. The smallest absolute Gasteiger partial charge is 0.404 e. The van der Waals surface area contributed by atoms with Crippen LogP contribution in [0.2, 0.25) is 0 Å². The maximum absolute atomic E-state index is 10.0. The molecule has 12 heavy (non-hydrogen) atoms. The number of unbranched alkanes of at least 4 members (excludes halogenated alkanes) is 1. The molecule has 0 aromatic rings. The summed E-state index contributed by atoms with van der Waals surface area (Å²) < 4.78 is 0. The Morgan fingerprint density at radius 1 is 1.50 bits per heavy atom. The van der Waals surface area contributed by atoms with E-state index < -0.39 is 6.09 Å². The van der Waals surface area contributed by atoms with E-state index >= 15 is 0 Å². The fourth-order valence-electron chi connectivity index (χ4n) is 0.871. The standard InChI is InChI=1S/C7H17N3O2/c8-4-2-1-3-6(9)5-10-7(11)12/h6,10H,1-5,8-9H2,(H,11,12)/t6-/m0/s1. The summed E-state index contributed by atoms with van der Waals surface area (Å²) in [6.07, 6.45) is 1.70. The number of hydrogen-bond donors (Lipinski definition) is 4. The largest absolute Gasteiger partial charge is 0.465 e. The van der Waals surface area contributed by atoms with Crippen LogP contribution in [0.3, 0.4) is 0 Å². The lowest BCUT2D eigenvalue weighted by Crippen LogP contribution is -2.36. The molecule has 0 unspecified atom stereocenters. The van der Waals surface area contributed by atoms with E-state index in [-0.39, 0.29) is 6.04 Å². The Morgan fingerprint density at radius 3 is 2.67 bits per heavy atom. The summed E-state index contributed by atoms with van der Waals surface area (Å²) in [4.78, 5) is 10.0. The lowest BCUT2D eigenvalue weighted by atomic mass is 10.1.